The van der Waals surface area contributed by atoms with Crippen molar-refractivity contribution < 1.29 is 4.42 Å². The third-order valence-electron chi connectivity index (χ3n) is 9.67. The average molecular weight is 533 g/mol. The highest BCUT2D eigenvalue weighted by Gasteiger charge is 2.52. The van der Waals surface area contributed by atoms with E-state index in [2.05, 4.69) is 140 Å². The molecule has 0 radical (unpaired) electrons. The number of fused-ring (bicyclic) bond motifs is 15. The van der Waals surface area contributed by atoms with E-state index in [9.17, 15) is 0 Å². The number of para-hydroxylation sites is 1. The molecule has 194 valence electrons. The van der Waals surface area contributed by atoms with Crippen LogP contribution in [0.15, 0.2) is 150 Å². The predicted molar refractivity (Wildman–Crippen MR) is 173 cm³/mol. The summed E-state index contributed by atoms with van der Waals surface area (Å²) in [7, 11) is 0. The Hall–Kier alpha value is -5.40. The van der Waals surface area contributed by atoms with Gasteiger partial charge in [-0.2, -0.15) is 0 Å². The van der Waals surface area contributed by atoms with E-state index in [-0.39, 0.29) is 0 Å². The smallest absolute Gasteiger partial charge is 0.136 e. The van der Waals surface area contributed by atoms with Gasteiger partial charge in [-0.25, -0.2) is 0 Å². The summed E-state index contributed by atoms with van der Waals surface area (Å²) in [6.07, 6.45) is 0. The van der Waals surface area contributed by atoms with E-state index in [4.69, 9.17) is 4.42 Å². The number of hydrogen-bond donors (Lipinski definition) is 0. The van der Waals surface area contributed by atoms with Crippen molar-refractivity contribution in [1.82, 2.24) is 0 Å². The SMILES string of the molecule is c1ccc2c(c1)-c1ccccc1C21c2ccccc2-c2c(-c3ccc4c(c3)oc3ccccc34)cc3ccccc3c21. The van der Waals surface area contributed by atoms with Gasteiger partial charge in [-0.1, -0.05) is 121 Å². The third kappa shape index (κ3) is 2.60. The van der Waals surface area contributed by atoms with Gasteiger partial charge in [-0.3, -0.25) is 0 Å². The Morgan fingerprint density at radius 1 is 0.405 bits per heavy atom. The molecule has 0 fully saturated rings. The Kier molecular flexibility index (Phi) is 4.18. The predicted octanol–water partition coefficient (Wildman–Crippen LogP) is 10.7. The second kappa shape index (κ2) is 7.87. The van der Waals surface area contributed by atoms with Gasteiger partial charge < -0.3 is 4.42 Å². The standard InChI is InChI=1S/C41H24O/c1-2-12-27-25(11-1)23-33(26-21-22-31-30-15-6-10-20-37(30)42-38(31)24-26)39-32-16-5-9-19-36(32)41(40(27)39)34-17-7-3-13-28(34)29-14-4-8-18-35(29)41/h1-24H. The summed E-state index contributed by atoms with van der Waals surface area (Å²) >= 11 is 0. The summed E-state index contributed by atoms with van der Waals surface area (Å²) in [5.41, 5.74) is 14.7. The maximum absolute atomic E-state index is 6.38. The molecule has 0 saturated heterocycles. The van der Waals surface area contributed by atoms with Crippen molar-refractivity contribution in [3.8, 4) is 33.4 Å². The largest absolute Gasteiger partial charge is 0.456 e. The molecule has 2 aliphatic carbocycles. The lowest BCUT2D eigenvalue weighted by molar-refractivity contribution is 0.669. The van der Waals surface area contributed by atoms with Gasteiger partial charge in [0.1, 0.15) is 11.2 Å². The molecule has 2 aliphatic rings. The van der Waals surface area contributed by atoms with Crippen molar-refractivity contribution in [2.45, 2.75) is 5.41 Å². The summed E-state index contributed by atoms with van der Waals surface area (Å²) in [5.74, 6) is 0. The van der Waals surface area contributed by atoms with Gasteiger partial charge >= 0.3 is 0 Å². The van der Waals surface area contributed by atoms with E-state index < -0.39 is 5.41 Å². The van der Waals surface area contributed by atoms with Gasteiger partial charge in [0, 0.05) is 10.8 Å². The minimum Gasteiger partial charge on any atom is -0.456 e. The Labute approximate surface area is 243 Å². The van der Waals surface area contributed by atoms with Crippen molar-refractivity contribution in [2.24, 2.45) is 0 Å². The number of furan rings is 1. The van der Waals surface area contributed by atoms with E-state index in [1.807, 2.05) is 6.07 Å². The summed E-state index contributed by atoms with van der Waals surface area (Å²) < 4.78 is 6.38. The van der Waals surface area contributed by atoms with E-state index in [1.54, 1.807) is 0 Å². The summed E-state index contributed by atoms with van der Waals surface area (Å²) in [4.78, 5) is 0. The second-order valence-electron chi connectivity index (χ2n) is 11.6. The van der Waals surface area contributed by atoms with E-state index in [1.165, 1.54) is 66.4 Å². The van der Waals surface area contributed by atoms with Crippen LogP contribution in [0.2, 0.25) is 0 Å². The molecular formula is C41H24O. The highest BCUT2D eigenvalue weighted by atomic mass is 16.3. The number of hydrogen-bond acceptors (Lipinski definition) is 1. The Bertz CT molecular complexity index is 2380. The van der Waals surface area contributed by atoms with Crippen LogP contribution in [0.25, 0.3) is 66.1 Å². The minimum atomic E-state index is -0.391. The van der Waals surface area contributed by atoms with Crippen LogP contribution in [-0.2, 0) is 5.41 Å². The molecule has 0 N–H and O–H groups in total. The molecule has 0 bridgehead atoms. The van der Waals surface area contributed by atoms with Gasteiger partial charge in [0.2, 0.25) is 0 Å². The van der Waals surface area contributed by atoms with Crippen molar-refractivity contribution in [1.29, 1.82) is 0 Å². The fourth-order valence-electron chi connectivity index (χ4n) is 8.10. The van der Waals surface area contributed by atoms with Crippen molar-refractivity contribution in [2.75, 3.05) is 0 Å². The molecule has 8 aromatic rings. The monoisotopic (exact) mass is 532 g/mol. The third-order valence-corrected chi connectivity index (χ3v) is 9.67. The molecule has 0 atom stereocenters. The van der Waals surface area contributed by atoms with E-state index in [0.29, 0.717) is 0 Å². The molecule has 0 amide bonds. The second-order valence-corrected chi connectivity index (χ2v) is 11.6. The van der Waals surface area contributed by atoms with Crippen LogP contribution < -0.4 is 0 Å². The quantitative estimate of drug-likeness (QED) is 0.205. The zero-order valence-corrected chi connectivity index (χ0v) is 22.8. The molecule has 10 rings (SSSR count). The van der Waals surface area contributed by atoms with Crippen LogP contribution in [0.5, 0.6) is 0 Å². The van der Waals surface area contributed by atoms with Crippen molar-refractivity contribution >= 4 is 32.7 Å². The zero-order chi connectivity index (χ0) is 27.4. The van der Waals surface area contributed by atoms with Crippen LogP contribution in [0.1, 0.15) is 22.3 Å². The Morgan fingerprint density at radius 3 is 1.74 bits per heavy atom. The van der Waals surface area contributed by atoms with Crippen molar-refractivity contribution in [3.63, 3.8) is 0 Å². The van der Waals surface area contributed by atoms with Crippen LogP contribution >= 0.6 is 0 Å². The molecule has 0 aliphatic heterocycles. The molecule has 1 heterocycles. The summed E-state index contributed by atoms with van der Waals surface area (Å²) in [6, 6.07) is 53.5. The van der Waals surface area contributed by atoms with Crippen LogP contribution in [0, 0.1) is 0 Å². The maximum atomic E-state index is 6.38. The summed E-state index contributed by atoms with van der Waals surface area (Å²) in [6.45, 7) is 0. The molecule has 1 aromatic heterocycles. The first kappa shape index (κ1) is 22.3. The summed E-state index contributed by atoms with van der Waals surface area (Å²) in [5, 5.41) is 4.88. The minimum absolute atomic E-state index is 0.391. The lowest BCUT2D eigenvalue weighted by Gasteiger charge is -2.31. The van der Waals surface area contributed by atoms with Gasteiger partial charge in [0.25, 0.3) is 0 Å². The lowest BCUT2D eigenvalue weighted by Crippen LogP contribution is -2.26. The first-order valence-electron chi connectivity index (χ1n) is 14.6. The van der Waals surface area contributed by atoms with E-state index in [0.717, 1.165) is 21.9 Å². The molecule has 1 spiro atoms. The normalized spacial score (nSPS) is 13.9. The van der Waals surface area contributed by atoms with Crippen molar-refractivity contribution in [3.05, 3.63) is 168 Å². The highest BCUT2D eigenvalue weighted by molar-refractivity contribution is 6.11. The Balaban J connectivity index is 1.39. The maximum Gasteiger partial charge on any atom is 0.136 e. The Morgan fingerprint density at radius 2 is 0.976 bits per heavy atom. The molecule has 0 saturated carbocycles. The van der Waals surface area contributed by atoms with Crippen LogP contribution in [-0.4, -0.2) is 0 Å². The first-order chi connectivity index (χ1) is 20.8. The lowest BCUT2D eigenvalue weighted by atomic mass is 9.69. The molecule has 1 nitrogen and oxygen atoms in total. The van der Waals surface area contributed by atoms with Crippen LogP contribution in [0.4, 0.5) is 0 Å². The molecule has 42 heavy (non-hydrogen) atoms. The van der Waals surface area contributed by atoms with Gasteiger partial charge in [-0.05, 0) is 90.7 Å². The zero-order valence-electron chi connectivity index (χ0n) is 22.8. The average Bonchev–Trinajstić information content (AvgIpc) is 3.68. The van der Waals surface area contributed by atoms with E-state index >= 15 is 0 Å². The van der Waals surface area contributed by atoms with Crippen LogP contribution in [0.3, 0.4) is 0 Å². The highest BCUT2D eigenvalue weighted by Crippen LogP contribution is 2.65. The fourth-order valence-corrected chi connectivity index (χ4v) is 8.10. The number of rotatable bonds is 1. The topological polar surface area (TPSA) is 13.1 Å². The molecule has 0 unspecified atom stereocenters. The van der Waals surface area contributed by atoms with Gasteiger partial charge in [-0.15, -0.1) is 0 Å². The number of benzene rings is 7. The first-order valence-corrected chi connectivity index (χ1v) is 14.6. The van der Waals surface area contributed by atoms with Gasteiger partial charge in [0.05, 0.1) is 5.41 Å². The van der Waals surface area contributed by atoms with Gasteiger partial charge in [0.15, 0.2) is 0 Å². The fraction of sp³-hybridized carbons (Fsp3) is 0.0244. The molecule has 7 aromatic carbocycles. The molecule has 1 heteroatoms. The molecular weight excluding hydrogens is 508 g/mol.